The molecular formula is C22H42O4. The smallest absolute Gasteiger partial charge is 0.320 e. The molecule has 0 bridgehead atoms. The normalized spacial score (nSPS) is 11.4. The summed E-state index contributed by atoms with van der Waals surface area (Å²) in [5.41, 5.74) is 0. The predicted molar refractivity (Wildman–Crippen MR) is 107 cm³/mol. The van der Waals surface area contributed by atoms with Gasteiger partial charge in [-0.3, -0.25) is 9.59 Å². The van der Waals surface area contributed by atoms with Gasteiger partial charge in [0.2, 0.25) is 0 Å². The number of ether oxygens (including phenoxy) is 2. The van der Waals surface area contributed by atoms with Crippen LogP contribution in [0.15, 0.2) is 0 Å². The zero-order chi connectivity index (χ0) is 19.8. The second-order valence-corrected chi connectivity index (χ2v) is 7.21. The van der Waals surface area contributed by atoms with Gasteiger partial charge in [0.15, 0.2) is 5.92 Å². The van der Waals surface area contributed by atoms with Gasteiger partial charge in [-0.2, -0.15) is 0 Å². The molecule has 0 aromatic rings. The second kappa shape index (κ2) is 16.1. The zero-order valence-electron chi connectivity index (χ0n) is 17.9. The largest absolute Gasteiger partial charge is 0.462 e. The lowest BCUT2D eigenvalue weighted by molar-refractivity contribution is -0.169. The van der Waals surface area contributed by atoms with E-state index in [9.17, 15) is 9.59 Å². The molecular weight excluding hydrogens is 328 g/mol. The first-order valence-electron chi connectivity index (χ1n) is 10.9. The molecule has 0 saturated heterocycles. The monoisotopic (exact) mass is 370 g/mol. The van der Waals surface area contributed by atoms with E-state index in [0.717, 1.165) is 44.9 Å². The predicted octanol–water partition coefficient (Wildman–Crippen LogP) is 6.21. The van der Waals surface area contributed by atoms with Gasteiger partial charge in [0.1, 0.15) is 12.2 Å². The van der Waals surface area contributed by atoms with E-state index in [4.69, 9.17) is 9.47 Å². The van der Waals surface area contributed by atoms with Gasteiger partial charge in [-0.15, -0.1) is 0 Å². The van der Waals surface area contributed by atoms with Crippen molar-refractivity contribution in [2.45, 2.75) is 124 Å². The Morgan fingerprint density at radius 1 is 0.615 bits per heavy atom. The van der Waals surface area contributed by atoms with Crippen molar-refractivity contribution in [1.82, 2.24) is 0 Å². The highest BCUT2D eigenvalue weighted by Gasteiger charge is 2.31. The lowest BCUT2D eigenvalue weighted by atomic mass is 9.99. The number of rotatable bonds is 16. The molecule has 4 nitrogen and oxygen atoms in total. The van der Waals surface area contributed by atoms with Crippen molar-refractivity contribution in [1.29, 1.82) is 0 Å². The van der Waals surface area contributed by atoms with Crippen LogP contribution in [0.25, 0.3) is 0 Å². The maximum absolute atomic E-state index is 12.6. The van der Waals surface area contributed by atoms with Crippen LogP contribution >= 0.6 is 0 Å². The quantitative estimate of drug-likeness (QED) is 0.184. The van der Waals surface area contributed by atoms with Crippen LogP contribution in [-0.4, -0.2) is 24.1 Å². The third-order valence-corrected chi connectivity index (χ3v) is 5.05. The Morgan fingerprint density at radius 3 is 1.38 bits per heavy atom. The maximum Gasteiger partial charge on any atom is 0.320 e. The minimum Gasteiger partial charge on any atom is -0.462 e. The van der Waals surface area contributed by atoms with Crippen LogP contribution in [-0.2, 0) is 19.1 Å². The van der Waals surface area contributed by atoms with Gasteiger partial charge < -0.3 is 9.47 Å². The van der Waals surface area contributed by atoms with Crippen molar-refractivity contribution in [3.05, 3.63) is 0 Å². The van der Waals surface area contributed by atoms with E-state index in [0.29, 0.717) is 6.42 Å². The van der Waals surface area contributed by atoms with Crippen LogP contribution in [0.2, 0.25) is 0 Å². The summed E-state index contributed by atoms with van der Waals surface area (Å²) in [5, 5.41) is 0. The zero-order valence-corrected chi connectivity index (χ0v) is 17.9. The highest BCUT2D eigenvalue weighted by Crippen LogP contribution is 2.19. The number of carbonyl (C=O) groups is 2. The maximum atomic E-state index is 12.6. The van der Waals surface area contributed by atoms with E-state index in [-0.39, 0.29) is 12.2 Å². The number of hydrogen-bond acceptors (Lipinski definition) is 4. The minimum atomic E-state index is -0.771. The van der Waals surface area contributed by atoms with Crippen LogP contribution in [0.1, 0.15) is 112 Å². The van der Waals surface area contributed by atoms with Crippen LogP contribution in [0.4, 0.5) is 0 Å². The molecule has 0 amide bonds. The molecule has 0 aliphatic carbocycles. The van der Waals surface area contributed by atoms with Crippen molar-refractivity contribution < 1.29 is 19.1 Å². The number of hydrogen-bond donors (Lipinski definition) is 0. The molecule has 0 spiro atoms. The second-order valence-electron chi connectivity index (χ2n) is 7.21. The fourth-order valence-electron chi connectivity index (χ4n) is 3.04. The highest BCUT2D eigenvalue weighted by molar-refractivity contribution is 5.95. The fourth-order valence-corrected chi connectivity index (χ4v) is 3.04. The Bertz CT molecular complexity index is 333. The standard InChI is InChI=1S/C22H42O4/c1-6-11-12-13-14-15-16-17-20(21(23)25-18(7-2)8-3)22(24)26-19(9-4)10-5/h18-20H,6-17H2,1-5H3. The van der Waals surface area contributed by atoms with E-state index in [1.165, 1.54) is 25.7 Å². The lowest BCUT2D eigenvalue weighted by Gasteiger charge is -2.22. The molecule has 0 radical (unpaired) electrons. The van der Waals surface area contributed by atoms with Gasteiger partial charge in [0.25, 0.3) is 0 Å². The van der Waals surface area contributed by atoms with Crippen LogP contribution in [0.3, 0.4) is 0 Å². The molecule has 4 heteroatoms. The highest BCUT2D eigenvalue weighted by atomic mass is 16.6. The van der Waals surface area contributed by atoms with Crippen LogP contribution in [0.5, 0.6) is 0 Å². The van der Waals surface area contributed by atoms with Crippen LogP contribution < -0.4 is 0 Å². The summed E-state index contributed by atoms with van der Waals surface area (Å²) in [6, 6.07) is 0. The Labute approximate surface area is 161 Å². The van der Waals surface area contributed by atoms with Crippen molar-refractivity contribution >= 4 is 11.9 Å². The van der Waals surface area contributed by atoms with Gasteiger partial charge in [-0.05, 0) is 32.1 Å². The Hall–Kier alpha value is -1.06. The van der Waals surface area contributed by atoms with Crippen molar-refractivity contribution in [3.8, 4) is 0 Å². The van der Waals surface area contributed by atoms with E-state index in [1.807, 2.05) is 27.7 Å². The van der Waals surface area contributed by atoms with Crippen molar-refractivity contribution in [2.75, 3.05) is 0 Å². The summed E-state index contributed by atoms with van der Waals surface area (Å²) < 4.78 is 11.1. The molecule has 26 heavy (non-hydrogen) atoms. The van der Waals surface area contributed by atoms with Gasteiger partial charge in [-0.25, -0.2) is 0 Å². The molecule has 0 aliphatic heterocycles. The molecule has 0 aliphatic rings. The average Bonchev–Trinajstić information content (AvgIpc) is 2.65. The first-order chi connectivity index (χ1) is 12.5. The number of esters is 2. The van der Waals surface area contributed by atoms with Gasteiger partial charge >= 0.3 is 11.9 Å². The molecule has 0 atom stereocenters. The first-order valence-corrected chi connectivity index (χ1v) is 10.9. The molecule has 0 aromatic carbocycles. The number of carbonyl (C=O) groups excluding carboxylic acids is 2. The van der Waals surface area contributed by atoms with E-state index < -0.39 is 17.9 Å². The van der Waals surface area contributed by atoms with E-state index >= 15 is 0 Å². The van der Waals surface area contributed by atoms with Crippen molar-refractivity contribution in [2.24, 2.45) is 5.92 Å². The van der Waals surface area contributed by atoms with E-state index in [1.54, 1.807) is 0 Å². The SMILES string of the molecule is CCCCCCCCCC(C(=O)OC(CC)CC)C(=O)OC(CC)CC. The molecule has 154 valence electrons. The summed E-state index contributed by atoms with van der Waals surface area (Å²) in [6.07, 6.45) is 11.5. The summed E-state index contributed by atoms with van der Waals surface area (Å²) in [5.74, 6) is -1.58. The summed E-state index contributed by atoms with van der Waals surface area (Å²) in [7, 11) is 0. The first kappa shape index (κ1) is 24.9. The Kier molecular flexibility index (Phi) is 15.5. The molecule has 0 heterocycles. The third-order valence-electron chi connectivity index (χ3n) is 5.05. The average molecular weight is 371 g/mol. The topological polar surface area (TPSA) is 52.6 Å². The molecule has 0 rings (SSSR count). The van der Waals surface area contributed by atoms with E-state index in [2.05, 4.69) is 6.92 Å². The van der Waals surface area contributed by atoms with Gasteiger partial charge in [0, 0.05) is 0 Å². The Morgan fingerprint density at radius 2 is 1.00 bits per heavy atom. The number of unbranched alkanes of at least 4 members (excludes halogenated alkanes) is 6. The summed E-state index contributed by atoms with van der Waals surface area (Å²) in [4.78, 5) is 25.1. The lowest BCUT2D eigenvalue weighted by Crippen LogP contribution is -2.33. The van der Waals surface area contributed by atoms with Gasteiger partial charge in [-0.1, -0.05) is 79.6 Å². The van der Waals surface area contributed by atoms with Gasteiger partial charge in [0.05, 0.1) is 0 Å². The fraction of sp³-hybridized carbons (Fsp3) is 0.909. The Balaban J connectivity index is 4.61. The molecule has 0 unspecified atom stereocenters. The third kappa shape index (κ3) is 10.8. The summed E-state index contributed by atoms with van der Waals surface area (Å²) >= 11 is 0. The molecule has 0 saturated carbocycles. The van der Waals surface area contributed by atoms with Crippen LogP contribution in [0, 0.1) is 5.92 Å². The molecule has 0 N–H and O–H groups in total. The molecule has 0 fully saturated rings. The summed E-state index contributed by atoms with van der Waals surface area (Å²) in [6.45, 7) is 10.2. The van der Waals surface area contributed by atoms with Crippen molar-refractivity contribution in [3.63, 3.8) is 0 Å². The minimum absolute atomic E-state index is 0.111. The molecule has 0 aromatic heterocycles.